The average Bonchev–Trinajstić information content (AvgIpc) is 2.03. The number of hydrogen-bond acceptors (Lipinski definition) is 4. The normalized spacial score (nSPS) is 10.7. The molecule has 5 nitrogen and oxygen atoms in total. The molecule has 0 radical (unpaired) electrons. The molecule has 0 fully saturated rings. The van der Waals surface area contributed by atoms with Crippen LogP contribution in [0.3, 0.4) is 0 Å². The fourth-order valence-corrected chi connectivity index (χ4v) is 0.278. The molecule has 1 unspecified atom stereocenters. The molecule has 0 saturated heterocycles. The Morgan fingerprint density at radius 3 is 2.17 bits per heavy atom. The summed E-state index contributed by atoms with van der Waals surface area (Å²) in [5, 5.41) is 8.18. The number of rotatable bonds is 3. The van der Waals surface area contributed by atoms with Gasteiger partial charge in [-0.15, -0.1) is 0 Å². The first-order valence-electron chi connectivity index (χ1n) is 3.65. The highest BCUT2D eigenvalue weighted by Gasteiger charge is 2.11. The predicted molar refractivity (Wildman–Crippen MR) is 43.6 cm³/mol. The van der Waals surface area contributed by atoms with Crippen molar-refractivity contribution in [3.63, 3.8) is 0 Å². The number of ether oxygens (including phenoxy) is 1. The Hall–Kier alpha value is -1.10. The smallest absolute Gasteiger partial charge is 0.324 e. The molecular weight excluding hydrogens is 162 g/mol. The Labute approximate surface area is 71.5 Å². The van der Waals surface area contributed by atoms with Gasteiger partial charge in [-0.3, -0.25) is 9.59 Å². The van der Waals surface area contributed by atoms with E-state index in [2.05, 4.69) is 4.74 Å². The maximum Gasteiger partial charge on any atom is 0.324 e. The summed E-state index contributed by atoms with van der Waals surface area (Å²) in [6, 6.07) is -1.12. The Kier molecular flexibility index (Phi) is 8.99. The Morgan fingerprint density at radius 1 is 1.50 bits per heavy atom. The second-order valence-electron chi connectivity index (χ2n) is 1.75. The SMILES string of the molecule is CC.CC(=O)OCC(N)C(=O)O. The van der Waals surface area contributed by atoms with Gasteiger partial charge in [0.05, 0.1) is 0 Å². The monoisotopic (exact) mass is 177 g/mol. The van der Waals surface area contributed by atoms with Gasteiger partial charge in [0.2, 0.25) is 0 Å². The zero-order valence-electron chi connectivity index (χ0n) is 7.53. The van der Waals surface area contributed by atoms with E-state index in [0.717, 1.165) is 0 Å². The minimum absolute atomic E-state index is 0.273. The lowest BCUT2D eigenvalue weighted by molar-refractivity contribution is -0.146. The number of esters is 1. The zero-order chi connectivity index (χ0) is 10.1. The van der Waals surface area contributed by atoms with E-state index in [4.69, 9.17) is 10.8 Å². The summed E-state index contributed by atoms with van der Waals surface area (Å²) in [7, 11) is 0. The second-order valence-corrected chi connectivity index (χ2v) is 1.75. The summed E-state index contributed by atoms with van der Waals surface area (Å²) in [5.41, 5.74) is 4.99. The van der Waals surface area contributed by atoms with Crippen molar-refractivity contribution in [3.05, 3.63) is 0 Å². The second kappa shape index (κ2) is 8.00. The van der Waals surface area contributed by atoms with E-state index >= 15 is 0 Å². The molecule has 3 N–H and O–H groups in total. The predicted octanol–water partition coefficient (Wildman–Crippen LogP) is -0.0124. The van der Waals surface area contributed by atoms with Crippen molar-refractivity contribution in [3.8, 4) is 0 Å². The van der Waals surface area contributed by atoms with Crippen molar-refractivity contribution in [1.82, 2.24) is 0 Å². The van der Waals surface area contributed by atoms with Crippen LogP contribution < -0.4 is 5.73 Å². The van der Waals surface area contributed by atoms with Gasteiger partial charge in [-0.1, -0.05) is 13.8 Å². The minimum Gasteiger partial charge on any atom is -0.480 e. The molecule has 0 aromatic carbocycles. The van der Waals surface area contributed by atoms with Crippen LogP contribution >= 0.6 is 0 Å². The lowest BCUT2D eigenvalue weighted by Crippen LogP contribution is -2.35. The van der Waals surface area contributed by atoms with E-state index in [9.17, 15) is 9.59 Å². The highest BCUT2D eigenvalue weighted by molar-refractivity contribution is 5.74. The van der Waals surface area contributed by atoms with Crippen molar-refractivity contribution < 1.29 is 19.4 Å². The van der Waals surface area contributed by atoms with Crippen LogP contribution in [-0.2, 0) is 14.3 Å². The van der Waals surface area contributed by atoms with E-state index in [1.165, 1.54) is 6.92 Å². The molecule has 0 aliphatic rings. The molecule has 0 rings (SSSR count). The maximum absolute atomic E-state index is 10.1. The van der Waals surface area contributed by atoms with Crippen LogP contribution in [0.5, 0.6) is 0 Å². The highest BCUT2D eigenvalue weighted by atomic mass is 16.5. The first-order chi connectivity index (χ1) is 5.54. The molecule has 0 aliphatic heterocycles. The molecule has 0 bridgehead atoms. The minimum atomic E-state index is -1.18. The van der Waals surface area contributed by atoms with E-state index in [0.29, 0.717) is 0 Å². The third-order valence-electron chi connectivity index (χ3n) is 0.783. The standard InChI is InChI=1S/C5H9NO4.C2H6/c1-3(7)10-2-4(6)5(8)9;1-2/h4H,2,6H2,1H3,(H,8,9);1-2H3. The maximum atomic E-state index is 10.1. The van der Waals surface area contributed by atoms with E-state index in [1.807, 2.05) is 13.8 Å². The molecule has 1 atom stereocenters. The summed E-state index contributed by atoms with van der Waals surface area (Å²) in [6.07, 6.45) is 0. The number of carboxylic acids is 1. The Bertz CT molecular complexity index is 146. The molecular formula is C7H15NO4. The summed E-state index contributed by atoms with van der Waals surface area (Å²) in [5.74, 6) is -1.71. The molecule has 0 heterocycles. The van der Waals surface area contributed by atoms with Crippen LogP contribution in [0.25, 0.3) is 0 Å². The van der Waals surface area contributed by atoms with Gasteiger partial charge in [-0.05, 0) is 0 Å². The van der Waals surface area contributed by atoms with Crippen molar-refractivity contribution in [1.29, 1.82) is 0 Å². The van der Waals surface area contributed by atoms with Gasteiger partial charge >= 0.3 is 11.9 Å². The van der Waals surface area contributed by atoms with Crippen LogP contribution in [0.4, 0.5) is 0 Å². The summed E-state index contributed by atoms with van der Waals surface area (Å²) in [4.78, 5) is 20.1. The number of carbonyl (C=O) groups excluding carboxylic acids is 1. The van der Waals surface area contributed by atoms with Crippen molar-refractivity contribution in [2.75, 3.05) is 6.61 Å². The molecule has 0 amide bonds. The third kappa shape index (κ3) is 8.90. The first kappa shape index (κ1) is 13.5. The molecule has 0 aromatic rings. The summed E-state index contributed by atoms with van der Waals surface area (Å²) < 4.78 is 4.32. The molecule has 72 valence electrons. The molecule has 12 heavy (non-hydrogen) atoms. The van der Waals surface area contributed by atoms with Crippen LogP contribution in [0, 0.1) is 0 Å². The third-order valence-corrected chi connectivity index (χ3v) is 0.783. The molecule has 5 heteroatoms. The number of aliphatic carboxylic acids is 1. The molecule has 0 spiro atoms. The van der Waals surface area contributed by atoms with Gasteiger partial charge in [0, 0.05) is 6.92 Å². The zero-order valence-corrected chi connectivity index (χ0v) is 7.53. The van der Waals surface area contributed by atoms with Gasteiger partial charge in [-0.2, -0.15) is 0 Å². The first-order valence-corrected chi connectivity index (χ1v) is 3.65. The Balaban J connectivity index is 0. The van der Waals surface area contributed by atoms with Gasteiger partial charge in [0.15, 0.2) is 0 Å². The van der Waals surface area contributed by atoms with Gasteiger partial charge in [-0.25, -0.2) is 0 Å². The van der Waals surface area contributed by atoms with Gasteiger partial charge < -0.3 is 15.6 Å². The number of carbonyl (C=O) groups is 2. The van der Waals surface area contributed by atoms with Crippen molar-refractivity contribution in [2.45, 2.75) is 26.8 Å². The highest BCUT2D eigenvalue weighted by Crippen LogP contribution is 1.82. The van der Waals surface area contributed by atoms with Crippen LogP contribution in [0.2, 0.25) is 0 Å². The summed E-state index contributed by atoms with van der Waals surface area (Å²) in [6.45, 7) is 4.92. The number of hydrogen-bond donors (Lipinski definition) is 2. The van der Waals surface area contributed by atoms with Crippen LogP contribution in [0.1, 0.15) is 20.8 Å². The fraction of sp³-hybridized carbons (Fsp3) is 0.714. The Morgan fingerprint density at radius 2 is 1.92 bits per heavy atom. The van der Waals surface area contributed by atoms with Crippen molar-refractivity contribution >= 4 is 11.9 Å². The quantitative estimate of drug-likeness (QED) is 0.591. The van der Waals surface area contributed by atoms with Crippen LogP contribution in [0.15, 0.2) is 0 Å². The average molecular weight is 177 g/mol. The van der Waals surface area contributed by atoms with Crippen LogP contribution in [-0.4, -0.2) is 29.7 Å². The van der Waals surface area contributed by atoms with E-state index < -0.39 is 18.0 Å². The number of nitrogens with two attached hydrogens (primary N) is 1. The molecule has 0 aliphatic carbocycles. The lowest BCUT2D eigenvalue weighted by Gasteiger charge is -2.04. The molecule has 0 saturated carbocycles. The number of carboxylic acid groups (broad SMARTS) is 1. The van der Waals surface area contributed by atoms with Gasteiger partial charge in [0.25, 0.3) is 0 Å². The van der Waals surface area contributed by atoms with Crippen molar-refractivity contribution in [2.24, 2.45) is 5.73 Å². The lowest BCUT2D eigenvalue weighted by atomic mass is 10.3. The van der Waals surface area contributed by atoms with E-state index in [-0.39, 0.29) is 6.61 Å². The van der Waals surface area contributed by atoms with Gasteiger partial charge in [0.1, 0.15) is 12.6 Å². The largest absolute Gasteiger partial charge is 0.480 e. The molecule has 0 aromatic heterocycles. The summed E-state index contributed by atoms with van der Waals surface area (Å²) >= 11 is 0. The van der Waals surface area contributed by atoms with E-state index in [1.54, 1.807) is 0 Å². The topological polar surface area (TPSA) is 89.6 Å². The fourth-order valence-electron chi connectivity index (χ4n) is 0.278.